The first-order valence-corrected chi connectivity index (χ1v) is 7.47. The molecule has 0 aliphatic carbocycles. The molecule has 0 fully saturated rings. The molecule has 114 valence electrons. The van der Waals surface area contributed by atoms with E-state index in [2.05, 4.69) is 6.07 Å². The van der Waals surface area contributed by atoms with Crippen LogP contribution in [0.15, 0.2) is 48.5 Å². The summed E-state index contributed by atoms with van der Waals surface area (Å²) >= 11 is 0. The highest BCUT2D eigenvalue weighted by Gasteiger charge is 2.26. The third-order valence-electron chi connectivity index (χ3n) is 4.11. The van der Waals surface area contributed by atoms with E-state index >= 15 is 0 Å². The van der Waals surface area contributed by atoms with E-state index in [1.165, 1.54) is 5.56 Å². The largest absolute Gasteiger partial charge is 0.496 e. The van der Waals surface area contributed by atoms with Crippen LogP contribution in [0.2, 0.25) is 0 Å². The fraction of sp³-hybridized carbons (Fsp3) is 0.278. The molecular weight excluding hydrogens is 276 g/mol. The fourth-order valence-corrected chi connectivity index (χ4v) is 2.96. The van der Waals surface area contributed by atoms with Gasteiger partial charge in [0.15, 0.2) is 0 Å². The van der Waals surface area contributed by atoms with Crippen LogP contribution in [0.4, 0.5) is 5.69 Å². The van der Waals surface area contributed by atoms with Gasteiger partial charge in [0.25, 0.3) is 0 Å². The lowest BCUT2D eigenvalue weighted by atomic mass is 9.99. The number of benzene rings is 2. The number of amides is 1. The molecule has 2 aromatic carbocycles. The van der Waals surface area contributed by atoms with Crippen molar-refractivity contribution in [3.8, 4) is 5.75 Å². The molecule has 1 heterocycles. The molecule has 1 unspecified atom stereocenters. The minimum Gasteiger partial charge on any atom is -0.496 e. The molecule has 4 nitrogen and oxygen atoms in total. The molecule has 1 atom stereocenters. The minimum atomic E-state index is -0.286. The van der Waals surface area contributed by atoms with E-state index < -0.39 is 0 Å². The van der Waals surface area contributed by atoms with Crippen LogP contribution in [-0.4, -0.2) is 19.6 Å². The third kappa shape index (κ3) is 2.70. The molecule has 3 rings (SSSR count). The van der Waals surface area contributed by atoms with Gasteiger partial charge in [0, 0.05) is 24.2 Å². The summed E-state index contributed by atoms with van der Waals surface area (Å²) in [6.07, 6.45) is 1.34. The first kappa shape index (κ1) is 14.6. The van der Waals surface area contributed by atoms with Crippen molar-refractivity contribution in [2.75, 3.05) is 18.6 Å². The summed E-state index contributed by atoms with van der Waals surface area (Å²) in [5, 5.41) is 0. The number of carbonyl (C=O) groups is 1. The summed E-state index contributed by atoms with van der Waals surface area (Å²) < 4.78 is 5.37. The number of methoxy groups -OCH3 is 1. The van der Waals surface area contributed by atoms with E-state index in [1.54, 1.807) is 12.0 Å². The maximum Gasteiger partial charge on any atom is 0.227 e. The molecule has 4 heteroatoms. The Kier molecular flexibility index (Phi) is 4.11. The van der Waals surface area contributed by atoms with Crippen LogP contribution in [0.5, 0.6) is 5.75 Å². The van der Waals surface area contributed by atoms with Crippen molar-refractivity contribution in [2.45, 2.75) is 18.9 Å². The molecule has 0 saturated carbocycles. The molecule has 2 aromatic rings. The van der Waals surface area contributed by atoms with Gasteiger partial charge < -0.3 is 15.4 Å². The summed E-state index contributed by atoms with van der Waals surface area (Å²) in [4.78, 5) is 14.1. The van der Waals surface area contributed by atoms with Gasteiger partial charge in [0.2, 0.25) is 5.91 Å². The van der Waals surface area contributed by atoms with Crippen molar-refractivity contribution in [3.05, 3.63) is 59.7 Å². The van der Waals surface area contributed by atoms with Crippen LogP contribution in [0.1, 0.15) is 23.6 Å². The standard InChI is InChI=1S/C18H20N2O2/c1-22-17-9-5-3-7-14(17)15(19)12-20-16-8-4-2-6-13(16)10-11-18(20)21/h2-9,15H,10-12,19H2,1H3. The Hall–Kier alpha value is -2.33. The van der Waals surface area contributed by atoms with E-state index in [-0.39, 0.29) is 11.9 Å². The van der Waals surface area contributed by atoms with Crippen molar-refractivity contribution < 1.29 is 9.53 Å². The molecule has 0 bridgehead atoms. The van der Waals surface area contributed by atoms with Crippen molar-refractivity contribution in [1.29, 1.82) is 0 Å². The van der Waals surface area contributed by atoms with Crippen molar-refractivity contribution in [1.82, 2.24) is 0 Å². The van der Waals surface area contributed by atoms with E-state index in [9.17, 15) is 4.79 Å². The van der Waals surface area contributed by atoms with E-state index in [1.807, 2.05) is 42.5 Å². The quantitative estimate of drug-likeness (QED) is 0.943. The highest BCUT2D eigenvalue weighted by Crippen LogP contribution is 2.30. The van der Waals surface area contributed by atoms with Crippen molar-refractivity contribution in [3.63, 3.8) is 0 Å². The van der Waals surface area contributed by atoms with Gasteiger partial charge in [-0.2, -0.15) is 0 Å². The van der Waals surface area contributed by atoms with Crippen LogP contribution < -0.4 is 15.4 Å². The Morgan fingerprint density at radius 1 is 1.14 bits per heavy atom. The van der Waals surface area contributed by atoms with Gasteiger partial charge in [-0.05, 0) is 24.1 Å². The predicted octanol–water partition coefficient (Wildman–Crippen LogP) is 2.67. The van der Waals surface area contributed by atoms with Crippen LogP contribution in [0, 0.1) is 0 Å². The Morgan fingerprint density at radius 2 is 1.86 bits per heavy atom. The van der Waals surface area contributed by atoms with Gasteiger partial charge in [-0.25, -0.2) is 0 Å². The van der Waals surface area contributed by atoms with Gasteiger partial charge in [0.05, 0.1) is 13.2 Å². The van der Waals surface area contributed by atoms with Crippen molar-refractivity contribution >= 4 is 11.6 Å². The number of anilines is 1. The Morgan fingerprint density at radius 3 is 2.68 bits per heavy atom. The average Bonchev–Trinajstić information content (AvgIpc) is 2.57. The number of rotatable bonds is 4. The Balaban J connectivity index is 1.87. The molecule has 1 aliphatic heterocycles. The summed E-state index contributed by atoms with van der Waals surface area (Å²) in [6, 6.07) is 15.4. The molecule has 0 aromatic heterocycles. The van der Waals surface area contributed by atoms with Gasteiger partial charge in [-0.3, -0.25) is 4.79 Å². The van der Waals surface area contributed by atoms with Gasteiger partial charge in [-0.15, -0.1) is 0 Å². The summed E-state index contributed by atoms with van der Waals surface area (Å²) in [5.74, 6) is 0.886. The maximum atomic E-state index is 12.3. The highest BCUT2D eigenvalue weighted by molar-refractivity contribution is 5.96. The highest BCUT2D eigenvalue weighted by atomic mass is 16.5. The van der Waals surface area contributed by atoms with Crippen LogP contribution >= 0.6 is 0 Å². The van der Waals surface area contributed by atoms with Crippen LogP contribution in [-0.2, 0) is 11.2 Å². The summed E-state index contributed by atoms with van der Waals surface area (Å²) in [5.41, 5.74) is 9.44. The second-order valence-corrected chi connectivity index (χ2v) is 5.48. The van der Waals surface area contributed by atoms with Gasteiger partial charge >= 0.3 is 0 Å². The average molecular weight is 296 g/mol. The SMILES string of the molecule is COc1ccccc1C(N)CN1C(=O)CCc2ccccc21. The molecule has 2 N–H and O–H groups in total. The zero-order valence-electron chi connectivity index (χ0n) is 12.7. The Labute approximate surface area is 130 Å². The minimum absolute atomic E-state index is 0.129. The second kappa shape index (κ2) is 6.20. The topological polar surface area (TPSA) is 55.6 Å². The number of hydrogen-bond acceptors (Lipinski definition) is 3. The smallest absolute Gasteiger partial charge is 0.227 e. The van der Waals surface area contributed by atoms with Gasteiger partial charge in [-0.1, -0.05) is 36.4 Å². The second-order valence-electron chi connectivity index (χ2n) is 5.48. The predicted molar refractivity (Wildman–Crippen MR) is 87.0 cm³/mol. The van der Waals surface area contributed by atoms with Crippen LogP contribution in [0.3, 0.4) is 0 Å². The lowest BCUT2D eigenvalue weighted by Gasteiger charge is -2.31. The first-order valence-electron chi connectivity index (χ1n) is 7.47. The molecule has 1 amide bonds. The third-order valence-corrected chi connectivity index (χ3v) is 4.11. The number of hydrogen-bond donors (Lipinski definition) is 1. The van der Waals surface area contributed by atoms with Crippen LogP contribution in [0.25, 0.3) is 0 Å². The number of nitrogens with two attached hydrogens (primary N) is 1. The van der Waals surface area contributed by atoms with E-state index in [0.717, 1.165) is 23.4 Å². The maximum absolute atomic E-state index is 12.3. The summed E-state index contributed by atoms with van der Waals surface area (Å²) in [6.45, 7) is 0.455. The van der Waals surface area contributed by atoms with E-state index in [0.29, 0.717) is 13.0 Å². The molecule has 1 aliphatic rings. The Bertz CT molecular complexity index is 684. The number of nitrogens with zero attached hydrogens (tertiary/aromatic N) is 1. The lowest BCUT2D eigenvalue weighted by Crippen LogP contribution is -2.40. The fourth-order valence-electron chi connectivity index (χ4n) is 2.96. The van der Waals surface area contributed by atoms with Crippen molar-refractivity contribution in [2.24, 2.45) is 5.73 Å². The zero-order chi connectivity index (χ0) is 15.5. The monoisotopic (exact) mass is 296 g/mol. The number of fused-ring (bicyclic) bond motifs is 1. The number of para-hydroxylation sites is 2. The zero-order valence-corrected chi connectivity index (χ0v) is 12.7. The van der Waals surface area contributed by atoms with E-state index in [4.69, 9.17) is 10.5 Å². The first-order chi connectivity index (χ1) is 10.7. The molecule has 0 spiro atoms. The molecular formula is C18H20N2O2. The van der Waals surface area contributed by atoms with Gasteiger partial charge in [0.1, 0.15) is 5.75 Å². The number of carbonyl (C=O) groups excluding carboxylic acids is 1. The number of ether oxygens (including phenoxy) is 1. The normalized spacial score (nSPS) is 15.4. The lowest BCUT2D eigenvalue weighted by molar-refractivity contribution is -0.119. The summed E-state index contributed by atoms with van der Waals surface area (Å²) in [7, 11) is 1.63. The molecule has 22 heavy (non-hydrogen) atoms. The molecule has 0 saturated heterocycles. The molecule has 0 radical (unpaired) electrons. The number of aryl methyl sites for hydroxylation is 1.